The number of aromatic nitrogens is 2. The number of hydrogen-bond acceptors (Lipinski definition) is 9. The molecule has 12 heteroatoms. The molecule has 0 aliphatic carbocycles. The second-order valence-corrected chi connectivity index (χ2v) is 6.67. The van der Waals surface area contributed by atoms with E-state index in [-0.39, 0.29) is 28.6 Å². The molecule has 2 N–H and O–H groups in total. The van der Waals surface area contributed by atoms with Crippen LogP contribution in [0.2, 0.25) is 0 Å². The van der Waals surface area contributed by atoms with Crippen LogP contribution in [0.3, 0.4) is 0 Å². The highest BCUT2D eigenvalue weighted by Crippen LogP contribution is 2.33. The van der Waals surface area contributed by atoms with Crippen molar-refractivity contribution in [1.82, 2.24) is 15.4 Å². The first-order chi connectivity index (χ1) is 13.9. The van der Waals surface area contributed by atoms with Gasteiger partial charge in [-0.3, -0.25) is 35.9 Å². The summed E-state index contributed by atoms with van der Waals surface area (Å²) in [5.74, 6) is -0.325. The predicted octanol–water partition coefficient (Wildman–Crippen LogP) is 2.29. The highest BCUT2D eigenvalue weighted by Gasteiger charge is 2.29. The minimum absolute atomic E-state index is 0.166. The molecule has 1 aromatic carbocycles. The first-order valence-corrected chi connectivity index (χ1v) is 8.92. The van der Waals surface area contributed by atoms with Crippen molar-refractivity contribution < 1.29 is 14.6 Å². The van der Waals surface area contributed by atoms with Crippen molar-refractivity contribution >= 4 is 28.9 Å². The number of benzene rings is 1. The number of piperidine rings is 1. The molecule has 0 bridgehead atoms. The second-order valence-electron chi connectivity index (χ2n) is 6.67. The zero-order valence-corrected chi connectivity index (χ0v) is 15.6. The van der Waals surface area contributed by atoms with E-state index in [1.165, 1.54) is 30.6 Å². The lowest BCUT2D eigenvalue weighted by Gasteiger charge is -2.30. The van der Waals surface area contributed by atoms with Crippen molar-refractivity contribution in [2.24, 2.45) is 5.92 Å². The quantitative estimate of drug-likeness (QED) is 0.547. The molecule has 1 saturated heterocycles. The summed E-state index contributed by atoms with van der Waals surface area (Å²) < 4.78 is 0. The summed E-state index contributed by atoms with van der Waals surface area (Å²) >= 11 is 0. The maximum absolute atomic E-state index is 12.3. The standard InChI is InChI=1S/C17H19N7O5/c1-11-6-8-22(9-7-11)16-14(24(28)29)15(18-10-19-16)20-21-17(25)12-4-2-3-5-13(12)23(26)27/h2-5,10-11H,6-9H2,1H3,(H,21,25)(H,18,19,20). The smallest absolute Gasteiger partial charge is 0.351 e. The van der Waals surface area contributed by atoms with E-state index in [4.69, 9.17) is 0 Å². The van der Waals surface area contributed by atoms with Crippen molar-refractivity contribution in [1.29, 1.82) is 0 Å². The lowest BCUT2D eigenvalue weighted by Crippen LogP contribution is -2.35. The molecule has 0 spiro atoms. The van der Waals surface area contributed by atoms with E-state index in [0.717, 1.165) is 12.8 Å². The monoisotopic (exact) mass is 401 g/mol. The number of amides is 1. The summed E-state index contributed by atoms with van der Waals surface area (Å²) in [6.07, 6.45) is 2.94. The van der Waals surface area contributed by atoms with Gasteiger partial charge in [-0.05, 0) is 24.8 Å². The molecule has 1 fully saturated rings. The Morgan fingerprint density at radius 2 is 1.83 bits per heavy atom. The Morgan fingerprint density at radius 3 is 2.48 bits per heavy atom. The number of nitrogens with one attached hydrogen (secondary N) is 2. The highest BCUT2D eigenvalue weighted by molar-refractivity contribution is 5.98. The molecule has 152 valence electrons. The number of nitro benzene ring substituents is 1. The zero-order chi connectivity index (χ0) is 21.0. The van der Waals surface area contributed by atoms with Gasteiger partial charge in [0.05, 0.1) is 9.85 Å². The van der Waals surface area contributed by atoms with Crippen LogP contribution in [0.4, 0.5) is 23.0 Å². The average molecular weight is 401 g/mol. The molecule has 2 aromatic rings. The molecule has 0 radical (unpaired) electrons. The van der Waals surface area contributed by atoms with Crippen LogP contribution in [0.1, 0.15) is 30.1 Å². The fraction of sp³-hybridized carbons (Fsp3) is 0.353. The van der Waals surface area contributed by atoms with Crippen LogP contribution in [-0.4, -0.2) is 38.8 Å². The molecular weight excluding hydrogens is 382 g/mol. The molecule has 1 amide bonds. The van der Waals surface area contributed by atoms with Gasteiger partial charge in [-0.1, -0.05) is 19.1 Å². The van der Waals surface area contributed by atoms with E-state index in [2.05, 4.69) is 27.7 Å². The Kier molecular flexibility index (Phi) is 5.81. The minimum atomic E-state index is -0.821. The number of carbonyl (C=O) groups excluding carboxylic acids is 1. The van der Waals surface area contributed by atoms with Crippen molar-refractivity contribution in [2.75, 3.05) is 23.4 Å². The van der Waals surface area contributed by atoms with Gasteiger partial charge in [0.1, 0.15) is 11.9 Å². The van der Waals surface area contributed by atoms with E-state index in [1.807, 2.05) is 4.90 Å². The summed E-state index contributed by atoms with van der Waals surface area (Å²) in [6, 6.07) is 5.38. The van der Waals surface area contributed by atoms with Gasteiger partial charge in [0.15, 0.2) is 0 Å². The van der Waals surface area contributed by atoms with Gasteiger partial charge < -0.3 is 4.90 Å². The van der Waals surface area contributed by atoms with Crippen LogP contribution in [-0.2, 0) is 0 Å². The number of hydrazine groups is 1. The third-order valence-electron chi connectivity index (χ3n) is 4.71. The third-order valence-corrected chi connectivity index (χ3v) is 4.71. The van der Waals surface area contributed by atoms with Gasteiger partial charge in [0.2, 0.25) is 11.6 Å². The number of para-hydroxylation sites is 1. The summed E-state index contributed by atoms with van der Waals surface area (Å²) in [5.41, 5.74) is 3.70. The number of rotatable bonds is 6. The van der Waals surface area contributed by atoms with Crippen LogP contribution in [0.25, 0.3) is 0 Å². The number of anilines is 2. The number of hydrogen-bond donors (Lipinski definition) is 2. The number of nitrogens with zero attached hydrogens (tertiary/aromatic N) is 5. The van der Waals surface area contributed by atoms with Crippen molar-refractivity contribution in [3.05, 3.63) is 56.4 Å². The van der Waals surface area contributed by atoms with Gasteiger partial charge >= 0.3 is 5.69 Å². The largest absolute Gasteiger partial charge is 0.355 e. The van der Waals surface area contributed by atoms with Gasteiger partial charge in [-0.25, -0.2) is 9.97 Å². The van der Waals surface area contributed by atoms with E-state index >= 15 is 0 Å². The van der Waals surface area contributed by atoms with Gasteiger partial charge in [-0.2, -0.15) is 0 Å². The van der Waals surface area contributed by atoms with Crippen LogP contribution in [0, 0.1) is 26.1 Å². The Labute approximate surface area is 165 Å². The van der Waals surface area contributed by atoms with Crippen molar-refractivity contribution in [3.63, 3.8) is 0 Å². The molecule has 12 nitrogen and oxygen atoms in total. The lowest BCUT2D eigenvalue weighted by atomic mass is 9.99. The lowest BCUT2D eigenvalue weighted by molar-refractivity contribution is -0.385. The Hall–Kier alpha value is -3.83. The topological polar surface area (TPSA) is 156 Å². The molecular formula is C17H19N7O5. The Balaban J connectivity index is 1.83. The summed E-state index contributed by atoms with van der Waals surface area (Å²) in [4.78, 5) is 43.5. The second kappa shape index (κ2) is 8.46. The molecule has 0 unspecified atom stereocenters. The maximum Gasteiger partial charge on any atom is 0.355 e. The molecule has 29 heavy (non-hydrogen) atoms. The van der Waals surface area contributed by atoms with E-state index in [0.29, 0.717) is 19.0 Å². The SMILES string of the molecule is CC1CCN(c2ncnc(NNC(=O)c3ccccc3[N+](=O)[O-])c2[N+](=O)[O-])CC1. The fourth-order valence-electron chi connectivity index (χ4n) is 3.09. The minimum Gasteiger partial charge on any atom is -0.351 e. The number of nitro groups is 2. The highest BCUT2D eigenvalue weighted by atomic mass is 16.6. The van der Waals surface area contributed by atoms with E-state index < -0.39 is 15.8 Å². The van der Waals surface area contributed by atoms with Crippen molar-refractivity contribution in [2.45, 2.75) is 19.8 Å². The van der Waals surface area contributed by atoms with E-state index in [9.17, 15) is 25.0 Å². The van der Waals surface area contributed by atoms with Crippen LogP contribution in [0.5, 0.6) is 0 Å². The first kappa shape index (κ1) is 19.9. The molecule has 0 saturated carbocycles. The van der Waals surface area contributed by atoms with Crippen molar-refractivity contribution in [3.8, 4) is 0 Å². The predicted molar refractivity (Wildman–Crippen MR) is 103 cm³/mol. The summed E-state index contributed by atoms with van der Waals surface area (Å²) in [5, 5.41) is 22.7. The molecule has 0 atom stereocenters. The van der Waals surface area contributed by atoms with E-state index in [1.54, 1.807) is 0 Å². The zero-order valence-electron chi connectivity index (χ0n) is 15.6. The van der Waals surface area contributed by atoms with Gasteiger partial charge in [0, 0.05) is 19.2 Å². The Morgan fingerprint density at radius 1 is 1.14 bits per heavy atom. The van der Waals surface area contributed by atoms with Gasteiger partial charge in [0.25, 0.3) is 11.6 Å². The van der Waals surface area contributed by atoms with Crippen LogP contribution < -0.4 is 15.8 Å². The van der Waals surface area contributed by atoms with Crippen LogP contribution >= 0.6 is 0 Å². The Bertz CT molecular complexity index is 944. The average Bonchev–Trinajstić information content (AvgIpc) is 2.72. The summed E-state index contributed by atoms with van der Waals surface area (Å²) in [7, 11) is 0. The first-order valence-electron chi connectivity index (χ1n) is 8.92. The third kappa shape index (κ3) is 4.36. The normalized spacial score (nSPS) is 14.3. The fourth-order valence-corrected chi connectivity index (χ4v) is 3.09. The number of carbonyl (C=O) groups is 1. The van der Waals surface area contributed by atoms with Crippen LogP contribution in [0.15, 0.2) is 30.6 Å². The molecule has 2 heterocycles. The summed E-state index contributed by atoms with van der Waals surface area (Å²) in [6.45, 7) is 3.37. The molecule has 3 rings (SSSR count). The molecule has 1 aliphatic heterocycles. The molecule has 1 aromatic heterocycles. The molecule has 1 aliphatic rings. The maximum atomic E-state index is 12.3. The van der Waals surface area contributed by atoms with Gasteiger partial charge in [-0.15, -0.1) is 0 Å².